The number of rotatable bonds is 7. The third kappa shape index (κ3) is 5.85. The predicted octanol–water partition coefficient (Wildman–Crippen LogP) is 0.998. The summed E-state index contributed by atoms with van der Waals surface area (Å²) in [7, 11) is 0. The molecule has 1 atom stereocenters. The summed E-state index contributed by atoms with van der Waals surface area (Å²) in [5.41, 5.74) is 6.21. The number of hydrogen-bond acceptors (Lipinski definition) is 3. The van der Waals surface area contributed by atoms with Gasteiger partial charge in [0.1, 0.15) is 12.6 Å². The number of nitrogens with two attached hydrogens (primary N) is 1. The van der Waals surface area contributed by atoms with Crippen LogP contribution in [0.5, 0.6) is 0 Å². The number of nitrogens with one attached hydrogen (secondary N) is 1. The topological polar surface area (TPSA) is 81.4 Å². The Balaban J connectivity index is 2.63. The van der Waals surface area contributed by atoms with Gasteiger partial charge in [-0.3, -0.25) is 9.59 Å². The van der Waals surface area contributed by atoms with Gasteiger partial charge in [0.2, 0.25) is 11.8 Å². The maximum absolute atomic E-state index is 11.5. The van der Waals surface area contributed by atoms with Gasteiger partial charge in [-0.2, -0.15) is 0 Å². The number of halogens is 1. The van der Waals surface area contributed by atoms with Crippen molar-refractivity contribution >= 4 is 27.7 Å². The zero-order valence-corrected chi connectivity index (χ0v) is 12.3. The minimum Gasteiger partial charge on any atom is -0.372 e. The van der Waals surface area contributed by atoms with Crippen LogP contribution in [0.25, 0.3) is 0 Å². The normalized spacial score (nSPS) is 11.9. The van der Waals surface area contributed by atoms with Crippen LogP contribution in [-0.4, -0.2) is 31.1 Å². The maximum Gasteiger partial charge on any atom is 0.246 e. The molecule has 1 aromatic carbocycles. The molecule has 0 saturated heterocycles. The standard InChI is InChI=1S/C13H17BrN2O3/c1-2-19-8-12(17)16-11(13(15)18)7-9-4-3-5-10(14)6-9/h3-6,11H,2,7-8H2,1H3,(H2,15,18)(H,16,17)/t11-/m1/s1. The molecule has 0 saturated carbocycles. The molecule has 0 bridgehead atoms. The molecule has 0 fully saturated rings. The van der Waals surface area contributed by atoms with Crippen LogP contribution >= 0.6 is 15.9 Å². The SMILES string of the molecule is CCOCC(=O)N[C@H](Cc1cccc(Br)c1)C(N)=O. The highest BCUT2D eigenvalue weighted by molar-refractivity contribution is 9.10. The molecule has 19 heavy (non-hydrogen) atoms. The Morgan fingerprint density at radius 2 is 2.21 bits per heavy atom. The van der Waals surface area contributed by atoms with Crippen LogP contribution < -0.4 is 11.1 Å². The maximum atomic E-state index is 11.5. The molecule has 0 unspecified atom stereocenters. The van der Waals surface area contributed by atoms with Crippen molar-refractivity contribution in [2.24, 2.45) is 5.73 Å². The lowest BCUT2D eigenvalue weighted by molar-refractivity contribution is -0.130. The van der Waals surface area contributed by atoms with E-state index >= 15 is 0 Å². The Labute approximate surface area is 120 Å². The molecule has 0 heterocycles. The number of ether oxygens (including phenoxy) is 1. The first-order valence-corrected chi connectivity index (χ1v) is 6.73. The van der Waals surface area contributed by atoms with E-state index in [9.17, 15) is 9.59 Å². The molecule has 1 rings (SSSR count). The molecule has 0 aliphatic heterocycles. The van der Waals surface area contributed by atoms with Gasteiger partial charge in [0.05, 0.1) is 0 Å². The highest BCUT2D eigenvalue weighted by Crippen LogP contribution is 2.13. The van der Waals surface area contributed by atoms with Crippen molar-refractivity contribution in [2.45, 2.75) is 19.4 Å². The summed E-state index contributed by atoms with van der Waals surface area (Å²) in [6.07, 6.45) is 0.354. The molecule has 104 valence electrons. The summed E-state index contributed by atoms with van der Waals surface area (Å²) in [5.74, 6) is -0.912. The quantitative estimate of drug-likeness (QED) is 0.783. The van der Waals surface area contributed by atoms with Gasteiger partial charge in [-0.05, 0) is 24.6 Å². The van der Waals surface area contributed by atoms with Crippen molar-refractivity contribution < 1.29 is 14.3 Å². The van der Waals surface area contributed by atoms with E-state index in [-0.39, 0.29) is 12.5 Å². The zero-order chi connectivity index (χ0) is 14.3. The van der Waals surface area contributed by atoms with Crippen LogP contribution in [0.2, 0.25) is 0 Å². The minimum absolute atomic E-state index is 0.0707. The van der Waals surface area contributed by atoms with Crippen LogP contribution in [0.1, 0.15) is 12.5 Å². The van der Waals surface area contributed by atoms with Crippen LogP contribution in [-0.2, 0) is 20.7 Å². The van der Waals surface area contributed by atoms with Gasteiger partial charge in [0, 0.05) is 17.5 Å². The zero-order valence-electron chi connectivity index (χ0n) is 10.7. The van der Waals surface area contributed by atoms with E-state index in [2.05, 4.69) is 21.2 Å². The third-order valence-electron chi connectivity index (χ3n) is 2.44. The molecule has 0 aromatic heterocycles. The second-order valence-electron chi connectivity index (χ2n) is 3.99. The second kappa shape index (κ2) is 7.91. The fourth-order valence-corrected chi connectivity index (χ4v) is 2.00. The van der Waals surface area contributed by atoms with Gasteiger partial charge >= 0.3 is 0 Å². The number of benzene rings is 1. The van der Waals surface area contributed by atoms with Gasteiger partial charge in [-0.1, -0.05) is 28.1 Å². The Morgan fingerprint density at radius 3 is 2.79 bits per heavy atom. The van der Waals surface area contributed by atoms with Crippen molar-refractivity contribution in [3.63, 3.8) is 0 Å². The molecule has 0 radical (unpaired) electrons. The van der Waals surface area contributed by atoms with E-state index in [0.29, 0.717) is 13.0 Å². The molecule has 0 aliphatic rings. The van der Waals surface area contributed by atoms with Crippen LogP contribution in [0.4, 0.5) is 0 Å². The smallest absolute Gasteiger partial charge is 0.246 e. The molecule has 2 amide bonds. The Bertz CT molecular complexity index is 451. The Hall–Kier alpha value is -1.40. The average Bonchev–Trinajstić information content (AvgIpc) is 2.35. The Kier molecular flexibility index (Phi) is 6.52. The van der Waals surface area contributed by atoms with Gasteiger partial charge in [0.25, 0.3) is 0 Å². The summed E-state index contributed by atoms with van der Waals surface area (Å²) >= 11 is 3.35. The van der Waals surface area contributed by atoms with Crippen molar-refractivity contribution in [1.29, 1.82) is 0 Å². The molecule has 3 N–H and O–H groups in total. The third-order valence-corrected chi connectivity index (χ3v) is 2.94. The van der Waals surface area contributed by atoms with E-state index in [0.717, 1.165) is 10.0 Å². The molecule has 0 aliphatic carbocycles. The molecular formula is C13H17BrN2O3. The van der Waals surface area contributed by atoms with Gasteiger partial charge in [-0.15, -0.1) is 0 Å². The van der Waals surface area contributed by atoms with Crippen molar-refractivity contribution in [1.82, 2.24) is 5.32 Å². The average molecular weight is 329 g/mol. The highest BCUT2D eigenvalue weighted by atomic mass is 79.9. The van der Waals surface area contributed by atoms with E-state index in [1.54, 1.807) is 6.92 Å². The van der Waals surface area contributed by atoms with E-state index in [1.165, 1.54) is 0 Å². The van der Waals surface area contributed by atoms with Gasteiger partial charge in [-0.25, -0.2) is 0 Å². The number of carbonyl (C=O) groups excluding carboxylic acids is 2. The largest absolute Gasteiger partial charge is 0.372 e. The van der Waals surface area contributed by atoms with Crippen molar-refractivity contribution in [2.75, 3.05) is 13.2 Å². The predicted molar refractivity (Wildman–Crippen MR) is 75.5 cm³/mol. The fourth-order valence-electron chi connectivity index (χ4n) is 1.55. The molecule has 5 nitrogen and oxygen atoms in total. The lowest BCUT2D eigenvalue weighted by Crippen LogP contribution is -2.47. The molecular weight excluding hydrogens is 312 g/mol. The lowest BCUT2D eigenvalue weighted by Gasteiger charge is -2.15. The second-order valence-corrected chi connectivity index (χ2v) is 4.91. The summed E-state index contributed by atoms with van der Waals surface area (Å²) < 4.78 is 5.88. The van der Waals surface area contributed by atoms with Crippen molar-refractivity contribution in [3.8, 4) is 0 Å². The first-order valence-electron chi connectivity index (χ1n) is 5.93. The summed E-state index contributed by atoms with van der Waals surface area (Å²) in [6, 6.07) is 6.76. The first-order chi connectivity index (χ1) is 9.02. The van der Waals surface area contributed by atoms with E-state index in [4.69, 9.17) is 10.5 Å². The minimum atomic E-state index is -0.734. The highest BCUT2D eigenvalue weighted by Gasteiger charge is 2.18. The van der Waals surface area contributed by atoms with Crippen LogP contribution in [0.15, 0.2) is 28.7 Å². The van der Waals surface area contributed by atoms with Crippen LogP contribution in [0, 0.1) is 0 Å². The number of amides is 2. The number of primary amides is 1. The summed E-state index contributed by atoms with van der Waals surface area (Å²) in [5, 5.41) is 2.57. The Morgan fingerprint density at radius 1 is 1.47 bits per heavy atom. The number of hydrogen-bond donors (Lipinski definition) is 2. The molecule has 6 heteroatoms. The van der Waals surface area contributed by atoms with Gasteiger partial charge in [0.15, 0.2) is 0 Å². The molecule has 0 spiro atoms. The monoisotopic (exact) mass is 328 g/mol. The van der Waals surface area contributed by atoms with Crippen molar-refractivity contribution in [3.05, 3.63) is 34.3 Å². The summed E-state index contributed by atoms with van der Waals surface area (Å²) in [4.78, 5) is 22.9. The lowest BCUT2D eigenvalue weighted by atomic mass is 10.1. The number of carbonyl (C=O) groups is 2. The van der Waals surface area contributed by atoms with Crippen LogP contribution in [0.3, 0.4) is 0 Å². The first kappa shape index (κ1) is 15.7. The van der Waals surface area contributed by atoms with Gasteiger partial charge < -0.3 is 15.8 Å². The summed E-state index contributed by atoms with van der Waals surface area (Å²) in [6.45, 7) is 2.17. The van der Waals surface area contributed by atoms with E-state index < -0.39 is 11.9 Å². The van der Waals surface area contributed by atoms with E-state index in [1.807, 2.05) is 24.3 Å². The fraction of sp³-hybridized carbons (Fsp3) is 0.385. The molecule has 1 aromatic rings.